The summed E-state index contributed by atoms with van der Waals surface area (Å²) in [5.74, 6) is 0.0593. The van der Waals surface area contributed by atoms with Crippen LogP contribution in [0.3, 0.4) is 0 Å². The van der Waals surface area contributed by atoms with Crippen LogP contribution in [-0.4, -0.2) is 109 Å². The number of rotatable bonds is 8. The van der Waals surface area contributed by atoms with Gasteiger partial charge in [0.1, 0.15) is 35.6 Å². The molecular weight excluding hydrogens is 584 g/mol. The Morgan fingerprint density at radius 3 is 2.04 bits per heavy atom. The molecule has 0 saturated carbocycles. The van der Waals surface area contributed by atoms with Gasteiger partial charge in [-0.25, -0.2) is 19.9 Å². The molecule has 1 amide bonds. The molecule has 0 aromatic carbocycles. The second-order valence-electron chi connectivity index (χ2n) is 12.8. The number of amides is 1. The molecule has 0 aliphatic carbocycles. The van der Waals surface area contributed by atoms with Crippen molar-refractivity contribution in [2.24, 2.45) is 17.8 Å². The van der Waals surface area contributed by atoms with Crippen LogP contribution in [0.15, 0.2) is 37.2 Å². The van der Waals surface area contributed by atoms with Crippen molar-refractivity contribution in [2.75, 3.05) is 50.1 Å². The SMILES string of the molecule is C[C@@H]1CCN(C(=O)C(C#N)C(O)(CC#N)N2CC[C@@H](C)[C@@H](N(C)c3ncnc4[nH]ccc34)C2)C[C@@H]1N(C)c1ncnc2[nH]ccc12. The van der Waals surface area contributed by atoms with Crippen LogP contribution in [0.5, 0.6) is 0 Å². The molecule has 6 heterocycles. The summed E-state index contributed by atoms with van der Waals surface area (Å²) in [6.45, 7) is 5.90. The molecule has 240 valence electrons. The average molecular weight is 625 g/mol. The Kier molecular flexibility index (Phi) is 8.51. The van der Waals surface area contributed by atoms with E-state index in [9.17, 15) is 20.4 Å². The van der Waals surface area contributed by atoms with Crippen molar-refractivity contribution in [1.82, 2.24) is 39.7 Å². The number of likely N-dealkylation sites (tertiary alicyclic amines) is 2. The molecule has 46 heavy (non-hydrogen) atoms. The van der Waals surface area contributed by atoms with E-state index in [-0.39, 0.29) is 30.3 Å². The number of carbonyl (C=O) groups is 1. The van der Waals surface area contributed by atoms with E-state index in [1.165, 1.54) is 12.7 Å². The smallest absolute Gasteiger partial charge is 0.244 e. The molecule has 2 unspecified atom stereocenters. The summed E-state index contributed by atoms with van der Waals surface area (Å²) < 4.78 is 0. The molecule has 2 saturated heterocycles. The highest BCUT2D eigenvalue weighted by Gasteiger charge is 2.51. The van der Waals surface area contributed by atoms with Gasteiger partial charge in [0.05, 0.1) is 35.4 Å². The minimum absolute atomic E-state index is 0.0823. The van der Waals surface area contributed by atoms with Crippen molar-refractivity contribution in [3.05, 3.63) is 37.2 Å². The van der Waals surface area contributed by atoms with Gasteiger partial charge in [-0.05, 0) is 36.8 Å². The lowest BCUT2D eigenvalue weighted by molar-refractivity contribution is -0.170. The third-order valence-corrected chi connectivity index (χ3v) is 10.2. The molecule has 2 aliphatic rings. The summed E-state index contributed by atoms with van der Waals surface area (Å²) in [5.41, 5.74) is -0.509. The second-order valence-corrected chi connectivity index (χ2v) is 12.8. The topological polar surface area (TPSA) is 181 Å². The predicted molar refractivity (Wildman–Crippen MR) is 172 cm³/mol. The number of nitrogens with zero attached hydrogens (tertiary/aromatic N) is 10. The fourth-order valence-corrected chi connectivity index (χ4v) is 7.30. The van der Waals surface area contributed by atoms with Crippen LogP contribution >= 0.6 is 0 Å². The highest BCUT2D eigenvalue weighted by Crippen LogP contribution is 2.36. The van der Waals surface area contributed by atoms with E-state index >= 15 is 0 Å². The summed E-state index contributed by atoms with van der Waals surface area (Å²) in [4.78, 5) is 45.7. The van der Waals surface area contributed by atoms with E-state index in [1.54, 1.807) is 9.80 Å². The Labute approximate surface area is 267 Å². The summed E-state index contributed by atoms with van der Waals surface area (Å²) in [6.07, 6.45) is 7.72. The number of nitriles is 2. The fourth-order valence-electron chi connectivity index (χ4n) is 7.30. The number of fused-ring (bicyclic) bond motifs is 2. The normalized spacial score (nSPS) is 24.2. The summed E-state index contributed by atoms with van der Waals surface area (Å²) >= 11 is 0. The van der Waals surface area contributed by atoms with Crippen LogP contribution in [0, 0.1) is 40.4 Å². The Bertz CT molecular complexity index is 1790. The number of nitrogens with one attached hydrogen (secondary N) is 2. The third kappa shape index (κ3) is 5.37. The van der Waals surface area contributed by atoms with Crippen molar-refractivity contribution < 1.29 is 9.90 Å². The van der Waals surface area contributed by atoms with E-state index in [1.807, 2.05) is 38.6 Å². The zero-order chi connectivity index (χ0) is 32.6. The van der Waals surface area contributed by atoms with Crippen LogP contribution in [-0.2, 0) is 4.79 Å². The lowest BCUT2D eigenvalue weighted by Gasteiger charge is -2.49. The van der Waals surface area contributed by atoms with E-state index in [4.69, 9.17) is 0 Å². The summed E-state index contributed by atoms with van der Waals surface area (Å²) in [7, 11) is 3.92. The van der Waals surface area contributed by atoms with E-state index in [0.717, 1.165) is 40.1 Å². The van der Waals surface area contributed by atoms with Gasteiger partial charge in [-0.1, -0.05) is 13.8 Å². The molecule has 6 rings (SSSR count). The van der Waals surface area contributed by atoms with Gasteiger partial charge in [-0.15, -0.1) is 0 Å². The molecule has 14 nitrogen and oxygen atoms in total. The number of hydrogen-bond acceptors (Lipinski definition) is 11. The molecule has 2 aliphatic heterocycles. The number of carbonyl (C=O) groups excluding carboxylic acids is 1. The molecular formula is C32H40N12O2. The highest BCUT2D eigenvalue weighted by molar-refractivity contribution is 5.88. The van der Waals surface area contributed by atoms with Crippen molar-refractivity contribution >= 4 is 39.6 Å². The monoisotopic (exact) mass is 624 g/mol. The van der Waals surface area contributed by atoms with Gasteiger partial charge in [0.15, 0.2) is 11.6 Å². The Morgan fingerprint density at radius 1 is 0.957 bits per heavy atom. The number of likely N-dealkylation sites (N-methyl/N-ethyl adjacent to an activating group) is 2. The number of aromatic amines is 2. The zero-order valence-corrected chi connectivity index (χ0v) is 26.6. The van der Waals surface area contributed by atoms with E-state index in [2.05, 4.69) is 65.7 Å². The minimum Gasteiger partial charge on any atom is -0.373 e. The largest absolute Gasteiger partial charge is 0.373 e. The molecule has 14 heteroatoms. The van der Waals surface area contributed by atoms with E-state index in [0.29, 0.717) is 32.6 Å². The van der Waals surface area contributed by atoms with Gasteiger partial charge in [-0.2, -0.15) is 10.5 Å². The number of aromatic nitrogens is 6. The average Bonchev–Trinajstić information content (AvgIpc) is 3.75. The Hall–Kier alpha value is -4.79. The molecule has 4 aromatic rings. The lowest BCUT2D eigenvalue weighted by atomic mass is 9.84. The summed E-state index contributed by atoms with van der Waals surface area (Å²) in [6, 6.07) is 7.88. The number of anilines is 2. The predicted octanol–water partition coefficient (Wildman–Crippen LogP) is 2.49. The first-order chi connectivity index (χ1) is 22.2. The van der Waals surface area contributed by atoms with Crippen LogP contribution in [0.25, 0.3) is 22.1 Å². The first kappa shape index (κ1) is 31.2. The molecule has 3 N–H and O–H groups in total. The maximum absolute atomic E-state index is 14.2. The molecule has 4 aromatic heterocycles. The molecule has 2 fully saturated rings. The maximum atomic E-state index is 14.2. The van der Waals surface area contributed by atoms with Gasteiger partial charge in [0, 0.05) is 58.7 Å². The fraction of sp³-hybridized carbons (Fsp3) is 0.531. The van der Waals surface area contributed by atoms with Crippen molar-refractivity contribution in [1.29, 1.82) is 10.5 Å². The molecule has 0 spiro atoms. The quantitative estimate of drug-likeness (QED) is 0.262. The van der Waals surface area contributed by atoms with Gasteiger partial charge < -0.3 is 29.8 Å². The maximum Gasteiger partial charge on any atom is 0.244 e. The van der Waals surface area contributed by atoms with Crippen LogP contribution in [0.1, 0.15) is 33.1 Å². The lowest BCUT2D eigenvalue weighted by Crippen LogP contribution is -2.64. The van der Waals surface area contributed by atoms with Crippen LogP contribution in [0.4, 0.5) is 11.6 Å². The second kappa shape index (κ2) is 12.5. The number of piperidine rings is 2. The number of H-pyrrole nitrogens is 2. The Morgan fingerprint density at radius 2 is 1.50 bits per heavy atom. The van der Waals surface area contributed by atoms with Crippen LogP contribution < -0.4 is 9.80 Å². The van der Waals surface area contributed by atoms with Gasteiger partial charge >= 0.3 is 0 Å². The molecule has 0 bridgehead atoms. The Balaban J connectivity index is 1.24. The van der Waals surface area contributed by atoms with Gasteiger partial charge in [-0.3, -0.25) is 9.69 Å². The van der Waals surface area contributed by atoms with Crippen molar-refractivity contribution in [3.63, 3.8) is 0 Å². The molecule has 6 atom stereocenters. The van der Waals surface area contributed by atoms with Crippen molar-refractivity contribution in [3.8, 4) is 12.1 Å². The number of aliphatic hydroxyl groups is 1. The highest BCUT2D eigenvalue weighted by atomic mass is 16.3. The van der Waals surface area contributed by atoms with E-state index < -0.39 is 17.6 Å². The standard InChI is InChI=1S/C32H40N12O2/c1-20-7-13-43(16-25(20)41(3)29-22-5-11-35-27(22)37-18-39-29)31(45)24(15-34)32(46,9-10-33)44-14-8-21(2)26(17-44)42(4)30-23-6-12-36-28(23)38-19-40-30/h5-6,11-12,18-21,24-26,46H,7-9,13-14,16-17H2,1-4H3,(H,35,37,39)(H,36,38,40)/t20-,21-,24?,25+,26+,32?/m1/s1. The van der Waals surface area contributed by atoms with Crippen molar-refractivity contribution in [2.45, 2.75) is 50.9 Å². The first-order valence-electron chi connectivity index (χ1n) is 15.7. The van der Waals surface area contributed by atoms with Crippen LogP contribution in [0.2, 0.25) is 0 Å². The first-order valence-corrected chi connectivity index (χ1v) is 15.7. The molecule has 0 radical (unpaired) electrons. The third-order valence-electron chi connectivity index (χ3n) is 10.2. The van der Waals surface area contributed by atoms with Gasteiger partial charge in [0.25, 0.3) is 0 Å². The zero-order valence-electron chi connectivity index (χ0n) is 26.6. The summed E-state index contributed by atoms with van der Waals surface area (Å²) in [5, 5.41) is 34.4. The minimum atomic E-state index is -1.97. The number of hydrogen-bond donors (Lipinski definition) is 3. The van der Waals surface area contributed by atoms with Gasteiger partial charge in [0.2, 0.25) is 5.91 Å².